The van der Waals surface area contributed by atoms with E-state index in [0.29, 0.717) is 11.4 Å². The first kappa shape index (κ1) is 13.4. The van der Waals surface area contributed by atoms with E-state index in [1.165, 1.54) is 30.6 Å². The third kappa shape index (κ3) is 3.49. The number of non-ortho nitro benzene ring substituents is 1. The largest absolute Gasteiger partial charge is 0.361 e. The molecule has 0 aliphatic heterocycles. The molecule has 1 aromatic heterocycles. The van der Waals surface area contributed by atoms with Gasteiger partial charge in [0.25, 0.3) is 5.69 Å². The van der Waals surface area contributed by atoms with E-state index in [2.05, 4.69) is 10.3 Å². The average Bonchev–Trinajstić information content (AvgIpc) is 2.48. The zero-order valence-corrected chi connectivity index (χ0v) is 10.4. The highest BCUT2D eigenvalue weighted by molar-refractivity contribution is 6.03. The summed E-state index contributed by atoms with van der Waals surface area (Å²) in [6.45, 7) is 0. The second-order valence-electron chi connectivity index (χ2n) is 3.86. The first-order valence-electron chi connectivity index (χ1n) is 5.80. The van der Waals surface area contributed by atoms with Crippen LogP contribution in [0.1, 0.15) is 10.5 Å². The predicted octanol–water partition coefficient (Wildman–Crippen LogP) is 2.80. The standard InChI is InChI=1S/C14H11N3O3/c18-14(13-6-1-2-8-16-13)7-9-15-11-4-3-5-12(10-11)17(19)20/h1-10,15H/b9-7-. The number of carbonyl (C=O) groups excluding carboxylic acids is 1. The van der Waals surface area contributed by atoms with Crippen LogP contribution in [0.15, 0.2) is 60.9 Å². The fourth-order valence-corrected chi connectivity index (χ4v) is 1.52. The number of nitrogens with one attached hydrogen (secondary N) is 1. The number of anilines is 1. The Kier molecular flexibility index (Phi) is 4.18. The predicted molar refractivity (Wildman–Crippen MR) is 74.4 cm³/mol. The maximum atomic E-state index is 11.7. The van der Waals surface area contributed by atoms with Gasteiger partial charge in [-0.3, -0.25) is 19.9 Å². The summed E-state index contributed by atoms with van der Waals surface area (Å²) in [6.07, 6.45) is 4.28. The van der Waals surface area contributed by atoms with E-state index < -0.39 is 4.92 Å². The summed E-state index contributed by atoms with van der Waals surface area (Å²) < 4.78 is 0. The second-order valence-corrected chi connectivity index (χ2v) is 3.86. The molecule has 0 fully saturated rings. The van der Waals surface area contributed by atoms with Crippen molar-refractivity contribution in [3.8, 4) is 0 Å². The zero-order chi connectivity index (χ0) is 14.4. The van der Waals surface area contributed by atoms with Crippen LogP contribution in [0.2, 0.25) is 0 Å². The molecule has 0 unspecified atom stereocenters. The maximum absolute atomic E-state index is 11.7. The van der Waals surface area contributed by atoms with Gasteiger partial charge < -0.3 is 5.32 Å². The second kappa shape index (κ2) is 6.24. The van der Waals surface area contributed by atoms with Gasteiger partial charge in [0.05, 0.1) is 4.92 Å². The molecule has 0 atom stereocenters. The Morgan fingerprint density at radius 3 is 2.80 bits per heavy atom. The van der Waals surface area contributed by atoms with E-state index in [1.54, 1.807) is 30.3 Å². The van der Waals surface area contributed by atoms with Crippen LogP contribution in [-0.2, 0) is 0 Å². The SMILES string of the molecule is O=C(/C=C\Nc1cccc([N+](=O)[O-])c1)c1ccccn1. The van der Waals surface area contributed by atoms with Crippen molar-refractivity contribution in [1.82, 2.24) is 4.98 Å². The van der Waals surface area contributed by atoms with Crippen molar-refractivity contribution < 1.29 is 9.72 Å². The Balaban J connectivity index is 2.02. The van der Waals surface area contributed by atoms with Crippen LogP contribution < -0.4 is 5.32 Å². The third-order valence-corrected chi connectivity index (χ3v) is 2.46. The number of aromatic nitrogens is 1. The molecule has 6 heteroatoms. The van der Waals surface area contributed by atoms with Gasteiger partial charge in [0, 0.05) is 36.3 Å². The molecule has 0 aliphatic rings. The lowest BCUT2D eigenvalue weighted by molar-refractivity contribution is -0.384. The van der Waals surface area contributed by atoms with Crippen molar-refractivity contribution >= 4 is 17.2 Å². The summed E-state index contributed by atoms with van der Waals surface area (Å²) >= 11 is 0. The molecule has 1 heterocycles. The number of ketones is 1. The lowest BCUT2D eigenvalue weighted by Crippen LogP contribution is -1.98. The van der Waals surface area contributed by atoms with Gasteiger partial charge in [-0.25, -0.2) is 0 Å². The summed E-state index contributed by atoms with van der Waals surface area (Å²) in [7, 11) is 0. The molecule has 0 radical (unpaired) electrons. The summed E-state index contributed by atoms with van der Waals surface area (Å²) in [5, 5.41) is 13.4. The molecule has 1 N–H and O–H groups in total. The molecule has 0 saturated heterocycles. The molecule has 0 saturated carbocycles. The van der Waals surface area contributed by atoms with Crippen LogP contribution in [0.25, 0.3) is 0 Å². The number of hydrogen-bond acceptors (Lipinski definition) is 5. The van der Waals surface area contributed by atoms with Gasteiger partial charge in [-0.15, -0.1) is 0 Å². The topological polar surface area (TPSA) is 85.1 Å². The molecule has 0 spiro atoms. The number of hydrogen-bond donors (Lipinski definition) is 1. The average molecular weight is 269 g/mol. The van der Waals surface area contributed by atoms with E-state index in [-0.39, 0.29) is 11.5 Å². The van der Waals surface area contributed by atoms with Crippen LogP contribution in [0.5, 0.6) is 0 Å². The molecule has 2 rings (SSSR count). The van der Waals surface area contributed by atoms with Gasteiger partial charge in [-0.2, -0.15) is 0 Å². The molecule has 100 valence electrons. The van der Waals surface area contributed by atoms with Gasteiger partial charge in [-0.1, -0.05) is 12.1 Å². The lowest BCUT2D eigenvalue weighted by Gasteiger charge is -2.00. The minimum absolute atomic E-state index is 0.0144. The molecule has 0 amide bonds. The Hall–Kier alpha value is -3.02. The lowest BCUT2D eigenvalue weighted by atomic mass is 10.2. The fourth-order valence-electron chi connectivity index (χ4n) is 1.52. The van der Waals surface area contributed by atoms with Crippen LogP contribution in [0, 0.1) is 10.1 Å². The molecule has 20 heavy (non-hydrogen) atoms. The number of nitro groups is 1. The van der Waals surface area contributed by atoms with Gasteiger partial charge in [0.1, 0.15) is 5.69 Å². The first-order chi connectivity index (χ1) is 9.66. The number of rotatable bonds is 5. The van der Waals surface area contributed by atoms with Gasteiger partial charge in [0.15, 0.2) is 0 Å². The third-order valence-electron chi connectivity index (χ3n) is 2.46. The summed E-state index contributed by atoms with van der Waals surface area (Å²) in [6, 6.07) is 11.1. The maximum Gasteiger partial charge on any atom is 0.271 e. The Bertz CT molecular complexity index is 654. The number of nitro benzene ring substituents is 1. The zero-order valence-electron chi connectivity index (χ0n) is 10.4. The van der Waals surface area contributed by atoms with Crippen molar-refractivity contribution in [2.45, 2.75) is 0 Å². The fraction of sp³-hybridized carbons (Fsp3) is 0. The number of pyridine rings is 1. The molecule has 2 aromatic rings. The molecule has 0 bridgehead atoms. The molecule has 1 aromatic carbocycles. The van der Waals surface area contributed by atoms with Gasteiger partial charge in [0.2, 0.25) is 5.78 Å². The first-order valence-corrected chi connectivity index (χ1v) is 5.80. The minimum atomic E-state index is -0.478. The smallest absolute Gasteiger partial charge is 0.271 e. The highest BCUT2D eigenvalue weighted by Gasteiger charge is 2.04. The number of benzene rings is 1. The van der Waals surface area contributed by atoms with E-state index in [4.69, 9.17) is 0 Å². The van der Waals surface area contributed by atoms with E-state index >= 15 is 0 Å². The van der Waals surface area contributed by atoms with Crippen LogP contribution in [-0.4, -0.2) is 15.7 Å². The number of carbonyl (C=O) groups is 1. The minimum Gasteiger partial charge on any atom is -0.361 e. The van der Waals surface area contributed by atoms with Crippen molar-refractivity contribution in [1.29, 1.82) is 0 Å². The van der Waals surface area contributed by atoms with Crippen molar-refractivity contribution in [3.05, 3.63) is 76.7 Å². The highest BCUT2D eigenvalue weighted by atomic mass is 16.6. The van der Waals surface area contributed by atoms with Crippen LogP contribution in [0.4, 0.5) is 11.4 Å². The normalized spacial score (nSPS) is 10.4. The van der Waals surface area contributed by atoms with E-state index in [1.807, 2.05) is 0 Å². The summed E-state index contributed by atoms with van der Waals surface area (Å²) in [5.74, 6) is -0.247. The molecular formula is C14H11N3O3. The monoisotopic (exact) mass is 269 g/mol. The molecule has 0 aliphatic carbocycles. The number of allylic oxidation sites excluding steroid dienone is 1. The van der Waals surface area contributed by atoms with Gasteiger partial charge in [-0.05, 0) is 18.2 Å². The summed E-state index contributed by atoms with van der Waals surface area (Å²) in [4.78, 5) is 25.8. The molecule has 6 nitrogen and oxygen atoms in total. The van der Waals surface area contributed by atoms with E-state index in [9.17, 15) is 14.9 Å². The summed E-state index contributed by atoms with van der Waals surface area (Å²) in [5.41, 5.74) is 0.855. The van der Waals surface area contributed by atoms with Crippen LogP contribution in [0.3, 0.4) is 0 Å². The quantitative estimate of drug-likeness (QED) is 0.390. The van der Waals surface area contributed by atoms with Crippen LogP contribution >= 0.6 is 0 Å². The highest BCUT2D eigenvalue weighted by Crippen LogP contribution is 2.16. The molecular weight excluding hydrogens is 258 g/mol. The Morgan fingerprint density at radius 2 is 2.10 bits per heavy atom. The van der Waals surface area contributed by atoms with Crippen molar-refractivity contribution in [2.24, 2.45) is 0 Å². The van der Waals surface area contributed by atoms with Crippen molar-refractivity contribution in [3.63, 3.8) is 0 Å². The van der Waals surface area contributed by atoms with E-state index in [0.717, 1.165) is 0 Å². The van der Waals surface area contributed by atoms with Crippen molar-refractivity contribution in [2.75, 3.05) is 5.32 Å². The Morgan fingerprint density at radius 1 is 1.25 bits per heavy atom. The Labute approximate surface area is 114 Å². The number of nitrogens with zero attached hydrogens (tertiary/aromatic N) is 2. The van der Waals surface area contributed by atoms with Gasteiger partial charge >= 0.3 is 0 Å².